The number of ether oxygens (including phenoxy) is 1. The van der Waals surface area contributed by atoms with Crippen molar-refractivity contribution in [3.8, 4) is 5.75 Å². The van der Waals surface area contributed by atoms with E-state index < -0.39 is 0 Å². The summed E-state index contributed by atoms with van der Waals surface area (Å²) in [6, 6.07) is 17.8. The van der Waals surface area contributed by atoms with E-state index >= 15 is 0 Å². The summed E-state index contributed by atoms with van der Waals surface area (Å²) in [6.07, 6.45) is 2.36. The van der Waals surface area contributed by atoms with Gasteiger partial charge < -0.3 is 15.4 Å². The summed E-state index contributed by atoms with van der Waals surface area (Å²) in [5, 5.41) is 6.43. The van der Waals surface area contributed by atoms with Crippen LogP contribution in [0.3, 0.4) is 0 Å². The predicted octanol–water partition coefficient (Wildman–Crippen LogP) is 4.25. The quantitative estimate of drug-likeness (QED) is 0.766. The molecule has 2 aromatic rings. The zero-order valence-corrected chi connectivity index (χ0v) is 15.3. The van der Waals surface area contributed by atoms with Gasteiger partial charge in [0.2, 0.25) is 5.91 Å². The first-order valence-electron chi connectivity index (χ1n) is 9.08. The second-order valence-electron chi connectivity index (χ2n) is 6.92. The Kier molecular flexibility index (Phi) is 5.74. The van der Waals surface area contributed by atoms with Gasteiger partial charge >= 0.3 is 0 Å². The maximum Gasteiger partial charge on any atom is 0.225 e. The number of hydrogen-bond acceptors (Lipinski definition) is 3. The molecular formula is C22H26N2O2. The Morgan fingerprint density at radius 2 is 1.77 bits per heavy atom. The Hall–Kier alpha value is -2.59. The van der Waals surface area contributed by atoms with E-state index in [2.05, 4.69) is 29.3 Å². The molecule has 0 radical (unpaired) electrons. The zero-order chi connectivity index (χ0) is 18.4. The van der Waals surface area contributed by atoms with Crippen LogP contribution in [0.15, 0.2) is 66.9 Å². The summed E-state index contributed by atoms with van der Waals surface area (Å²) in [4.78, 5) is 12.9. The van der Waals surface area contributed by atoms with E-state index in [0.29, 0.717) is 23.6 Å². The predicted molar refractivity (Wildman–Crippen MR) is 105 cm³/mol. The first-order valence-corrected chi connectivity index (χ1v) is 9.08. The molecule has 26 heavy (non-hydrogen) atoms. The lowest BCUT2D eigenvalue weighted by Gasteiger charge is -2.38. The minimum absolute atomic E-state index is 0.00789. The number of piperidine rings is 1. The SMILES string of the molecule is C=C(C)Oc1ccccc1NC(=O)CC1(c2ccccc2)CCNCC1. The molecule has 3 rings (SSSR count). The number of carbonyl (C=O) groups excluding carboxylic acids is 1. The molecule has 0 aliphatic carbocycles. The molecule has 2 N–H and O–H groups in total. The second-order valence-corrected chi connectivity index (χ2v) is 6.92. The summed E-state index contributed by atoms with van der Waals surface area (Å²) in [5.41, 5.74) is 1.79. The fourth-order valence-electron chi connectivity index (χ4n) is 3.61. The minimum Gasteiger partial charge on any atom is -0.460 e. The third-order valence-corrected chi connectivity index (χ3v) is 4.89. The molecule has 1 heterocycles. The Labute approximate surface area is 155 Å². The van der Waals surface area contributed by atoms with Crippen molar-refractivity contribution < 1.29 is 9.53 Å². The highest BCUT2D eigenvalue weighted by atomic mass is 16.5. The van der Waals surface area contributed by atoms with Crippen LogP contribution in [0, 0.1) is 0 Å². The van der Waals surface area contributed by atoms with Gasteiger partial charge in [-0.25, -0.2) is 0 Å². The molecule has 1 aliphatic rings. The maximum absolute atomic E-state index is 12.9. The van der Waals surface area contributed by atoms with Crippen LogP contribution in [0.1, 0.15) is 31.7 Å². The molecule has 136 valence electrons. The number of anilines is 1. The molecule has 0 bridgehead atoms. The molecule has 1 amide bonds. The Morgan fingerprint density at radius 1 is 1.12 bits per heavy atom. The molecule has 0 saturated carbocycles. The molecular weight excluding hydrogens is 324 g/mol. The summed E-state index contributed by atoms with van der Waals surface area (Å²) in [5.74, 6) is 1.21. The minimum atomic E-state index is -0.124. The van der Waals surface area contributed by atoms with Gasteiger partial charge in [-0.3, -0.25) is 4.79 Å². The largest absolute Gasteiger partial charge is 0.460 e. The van der Waals surface area contributed by atoms with Crippen LogP contribution in [-0.2, 0) is 10.2 Å². The molecule has 0 atom stereocenters. The third kappa shape index (κ3) is 4.33. The number of rotatable bonds is 6. The highest BCUT2D eigenvalue weighted by Crippen LogP contribution is 2.37. The van der Waals surface area contributed by atoms with Crippen molar-refractivity contribution in [2.24, 2.45) is 0 Å². The second kappa shape index (κ2) is 8.19. The van der Waals surface area contributed by atoms with Gasteiger partial charge in [0.15, 0.2) is 0 Å². The topological polar surface area (TPSA) is 50.4 Å². The number of nitrogens with one attached hydrogen (secondary N) is 2. The molecule has 0 unspecified atom stereocenters. The van der Waals surface area contributed by atoms with Crippen molar-refractivity contribution in [1.82, 2.24) is 5.32 Å². The van der Waals surface area contributed by atoms with Crippen molar-refractivity contribution in [2.75, 3.05) is 18.4 Å². The highest BCUT2D eigenvalue weighted by molar-refractivity contribution is 5.93. The van der Waals surface area contributed by atoms with Crippen LogP contribution in [-0.4, -0.2) is 19.0 Å². The van der Waals surface area contributed by atoms with E-state index in [1.54, 1.807) is 6.92 Å². The molecule has 2 aromatic carbocycles. The summed E-state index contributed by atoms with van der Waals surface area (Å²) >= 11 is 0. The molecule has 1 aliphatic heterocycles. The normalized spacial score (nSPS) is 15.9. The number of carbonyl (C=O) groups is 1. The lowest BCUT2D eigenvalue weighted by molar-refractivity contribution is -0.117. The number of amides is 1. The monoisotopic (exact) mass is 350 g/mol. The van der Waals surface area contributed by atoms with Gasteiger partial charge in [-0.15, -0.1) is 0 Å². The Balaban J connectivity index is 1.78. The summed E-state index contributed by atoms with van der Waals surface area (Å²) in [6.45, 7) is 7.42. The molecule has 4 nitrogen and oxygen atoms in total. The third-order valence-electron chi connectivity index (χ3n) is 4.89. The van der Waals surface area contributed by atoms with Crippen LogP contribution in [0.5, 0.6) is 5.75 Å². The van der Waals surface area contributed by atoms with Crippen molar-refractivity contribution in [2.45, 2.75) is 31.6 Å². The van der Waals surface area contributed by atoms with E-state index in [9.17, 15) is 4.79 Å². The van der Waals surface area contributed by atoms with Gasteiger partial charge in [-0.2, -0.15) is 0 Å². The first kappa shape index (κ1) is 18.2. The average Bonchev–Trinajstić information content (AvgIpc) is 2.64. The number of hydrogen-bond donors (Lipinski definition) is 2. The molecule has 0 aromatic heterocycles. The van der Waals surface area contributed by atoms with E-state index in [-0.39, 0.29) is 11.3 Å². The van der Waals surface area contributed by atoms with Crippen LogP contribution < -0.4 is 15.4 Å². The number of allylic oxidation sites excluding steroid dienone is 1. The van der Waals surface area contributed by atoms with E-state index in [1.807, 2.05) is 42.5 Å². The van der Waals surface area contributed by atoms with Crippen LogP contribution in [0.25, 0.3) is 0 Å². The fraction of sp³-hybridized carbons (Fsp3) is 0.318. The lowest BCUT2D eigenvalue weighted by Crippen LogP contribution is -2.42. The molecule has 0 spiro atoms. The van der Waals surface area contributed by atoms with E-state index in [0.717, 1.165) is 25.9 Å². The van der Waals surface area contributed by atoms with E-state index in [1.165, 1.54) is 5.56 Å². The van der Waals surface area contributed by atoms with E-state index in [4.69, 9.17) is 4.74 Å². The lowest BCUT2D eigenvalue weighted by atomic mass is 9.70. The van der Waals surface area contributed by atoms with Crippen LogP contribution in [0.4, 0.5) is 5.69 Å². The van der Waals surface area contributed by atoms with Gasteiger partial charge in [0, 0.05) is 11.8 Å². The summed E-state index contributed by atoms with van der Waals surface area (Å²) < 4.78 is 5.63. The van der Waals surface area contributed by atoms with Crippen molar-refractivity contribution in [1.29, 1.82) is 0 Å². The van der Waals surface area contributed by atoms with Crippen LogP contribution >= 0.6 is 0 Å². The van der Waals surface area contributed by atoms with Crippen molar-refractivity contribution in [3.63, 3.8) is 0 Å². The zero-order valence-electron chi connectivity index (χ0n) is 15.3. The van der Waals surface area contributed by atoms with Crippen molar-refractivity contribution >= 4 is 11.6 Å². The molecule has 1 fully saturated rings. The average molecular weight is 350 g/mol. The number of para-hydroxylation sites is 2. The van der Waals surface area contributed by atoms with Gasteiger partial charge in [-0.05, 0) is 50.6 Å². The highest BCUT2D eigenvalue weighted by Gasteiger charge is 2.36. The van der Waals surface area contributed by atoms with Crippen LogP contribution in [0.2, 0.25) is 0 Å². The first-order chi connectivity index (χ1) is 12.6. The standard InChI is InChI=1S/C22H26N2O2/c1-17(2)26-20-11-7-6-10-19(20)24-21(25)16-22(12-14-23-15-13-22)18-8-4-3-5-9-18/h3-11,23H,1,12-16H2,2H3,(H,24,25). The molecule has 4 heteroatoms. The van der Waals surface area contributed by atoms with Gasteiger partial charge in [-0.1, -0.05) is 49.0 Å². The maximum atomic E-state index is 12.9. The summed E-state index contributed by atoms with van der Waals surface area (Å²) in [7, 11) is 0. The van der Waals surface area contributed by atoms with Crippen molar-refractivity contribution in [3.05, 3.63) is 72.5 Å². The number of benzene rings is 2. The Morgan fingerprint density at radius 3 is 2.46 bits per heavy atom. The fourth-order valence-corrected chi connectivity index (χ4v) is 3.61. The van der Waals surface area contributed by atoms with Gasteiger partial charge in [0.25, 0.3) is 0 Å². The van der Waals surface area contributed by atoms with Gasteiger partial charge in [0.1, 0.15) is 5.75 Å². The molecule has 1 saturated heterocycles. The Bertz CT molecular complexity index is 765. The van der Waals surface area contributed by atoms with Gasteiger partial charge in [0.05, 0.1) is 11.4 Å². The smallest absolute Gasteiger partial charge is 0.225 e.